The van der Waals surface area contributed by atoms with Gasteiger partial charge in [-0.3, -0.25) is 43.4 Å². The molecule has 18 heteroatoms. The number of hydrogen-bond donors (Lipinski definition) is 5. The van der Waals surface area contributed by atoms with Gasteiger partial charge in [-0.15, -0.1) is 0 Å². The fourth-order valence-corrected chi connectivity index (χ4v) is 8.83. The molecule has 1 fully saturated rings. The molecule has 64 heavy (non-hydrogen) atoms. The fourth-order valence-electron chi connectivity index (χ4n) is 8.83. The van der Waals surface area contributed by atoms with Crippen molar-refractivity contribution in [3.05, 3.63) is 35.9 Å². The van der Waals surface area contributed by atoms with Crippen LogP contribution in [0.25, 0.3) is 0 Å². The molecule has 0 spiro atoms. The van der Waals surface area contributed by atoms with Crippen molar-refractivity contribution in [2.75, 3.05) is 68.1 Å². The highest BCUT2D eigenvalue weighted by Crippen LogP contribution is 2.30. The van der Waals surface area contributed by atoms with Crippen LogP contribution in [0, 0.1) is 23.7 Å². The van der Waals surface area contributed by atoms with E-state index in [9.17, 15) is 43.8 Å². The summed E-state index contributed by atoms with van der Waals surface area (Å²) < 4.78 is 12.0. The van der Waals surface area contributed by atoms with Crippen LogP contribution in [0.15, 0.2) is 30.3 Å². The predicted molar refractivity (Wildman–Crippen MR) is 242 cm³/mol. The number of ether oxygens (including phenoxy) is 2. The molecule has 1 saturated heterocycles. The van der Waals surface area contributed by atoms with Crippen molar-refractivity contribution < 1.29 is 53.2 Å². The maximum absolute atomic E-state index is 14.4. The Balaban J connectivity index is 2.30. The lowest BCUT2D eigenvalue weighted by atomic mass is 9.89. The highest BCUT2D eigenvalue weighted by molar-refractivity contribution is 5.91. The van der Waals surface area contributed by atoms with Crippen LogP contribution in [0.4, 0.5) is 0 Å². The zero-order valence-electron chi connectivity index (χ0n) is 40.2. The fraction of sp³-hybridized carbons (Fsp3) is 0.717. The molecule has 1 aliphatic rings. The Morgan fingerprint density at radius 2 is 1.44 bits per heavy atom. The Hall–Kier alpha value is -4.65. The largest absolute Gasteiger partial charge is 0.480 e. The summed E-state index contributed by atoms with van der Waals surface area (Å²) in [5.74, 6) is -5.30. The van der Waals surface area contributed by atoms with Gasteiger partial charge in [0, 0.05) is 47.3 Å². The van der Waals surface area contributed by atoms with Crippen LogP contribution in [0.5, 0.6) is 0 Å². The summed E-state index contributed by atoms with van der Waals surface area (Å²) in [5, 5.41) is 27.0. The summed E-state index contributed by atoms with van der Waals surface area (Å²) in [5.41, 5.74) is 0.772. The van der Waals surface area contributed by atoms with Gasteiger partial charge < -0.3 is 45.4 Å². The second-order valence-electron chi connectivity index (χ2n) is 18.0. The van der Waals surface area contributed by atoms with E-state index in [0.717, 1.165) is 5.56 Å². The summed E-state index contributed by atoms with van der Waals surface area (Å²) in [4.78, 5) is 98.7. The highest BCUT2D eigenvalue weighted by Gasteiger charge is 2.43. The lowest BCUT2D eigenvalue weighted by Crippen LogP contribution is -2.59. The number of benzene rings is 1. The quantitative estimate of drug-likeness (QED) is 0.0812. The van der Waals surface area contributed by atoms with E-state index < -0.39 is 85.2 Å². The Morgan fingerprint density at radius 1 is 0.828 bits per heavy atom. The first-order chi connectivity index (χ1) is 30.1. The molecule has 5 N–H and O–H groups in total. The minimum atomic E-state index is -1.21. The number of nitrogens with zero attached hydrogens (tertiary/aromatic N) is 4. The second kappa shape index (κ2) is 27.0. The molecule has 0 saturated carbocycles. The number of carboxylic acid groups (broad SMARTS) is 2. The topological polar surface area (TPSA) is 227 Å². The normalized spacial score (nSPS) is 17.9. The van der Waals surface area contributed by atoms with Gasteiger partial charge in [-0.25, -0.2) is 0 Å². The van der Waals surface area contributed by atoms with Gasteiger partial charge in [-0.05, 0) is 50.3 Å². The van der Waals surface area contributed by atoms with Crippen LogP contribution in [-0.2, 0) is 49.5 Å². The standard InChI is InChI=1S/C46H77N7O11/c1-13-30(6)41(51(10)46(62)39(28(2)3)49-45(61)40(29(4)5)50(8)9)35(63-11)25-36(54)53-22-17-20-34(53)42(64-12)31(7)43(59)48-33(24-32-18-15-14-16-19-32)44(60)47-21-23-52(26-37(55)56)27-38(57)58/h14-16,18-19,28-31,33-35,39-42H,13,17,20-27H2,1-12H3,(H,47,60)(H,48,59)(H,49,61)(H,55,56)(H,57,58)/t30-,31+,33-,34-,35+,39-,40-,41-,42+/m0/s1. The highest BCUT2D eigenvalue weighted by atomic mass is 16.5. The SMILES string of the molecule is CC[C@H](C)[C@@H]([C@@H](CC(=O)N1CCC[C@H]1[C@H](OC)[C@@H](C)C(=O)N[C@@H](Cc1ccccc1)C(=O)NCCN(CC(=O)O)CC(=O)O)OC)N(C)C(=O)[C@@H](NC(=O)[C@H](C(C)C)N(C)C)C(C)C. The molecule has 362 valence electrons. The third kappa shape index (κ3) is 16.4. The van der Waals surface area contributed by atoms with Crippen LogP contribution in [0.2, 0.25) is 0 Å². The van der Waals surface area contributed by atoms with Crippen molar-refractivity contribution in [2.24, 2.45) is 23.7 Å². The second-order valence-corrected chi connectivity index (χ2v) is 18.0. The lowest BCUT2D eigenvalue weighted by molar-refractivity contribution is -0.148. The smallest absolute Gasteiger partial charge is 0.317 e. The number of hydrogen-bond acceptors (Lipinski definition) is 11. The molecule has 9 atom stereocenters. The molecule has 2 rings (SSSR count). The van der Waals surface area contributed by atoms with Gasteiger partial charge in [0.05, 0.1) is 55.8 Å². The number of carboxylic acids is 2. The van der Waals surface area contributed by atoms with Gasteiger partial charge in [0.25, 0.3) is 0 Å². The molecule has 0 bridgehead atoms. The summed E-state index contributed by atoms with van der Waals surface area (Å²) >= 11 is 0. The van der Waals surface area contributed by atoms with E-state index in [1.54, 1.807) is 23.8 Å². The Morgan fingerprint density at radius 3 is 1.94 bits per heavy atom. The average molecular weight is 904 g/mol. The van der Waals surface area contributed by atoms with Gasteiger partial charge in [-0.2, -0.15) is 0 Å². The molecule has 0 aromatic heterocycles. The van der Waals surface area contributed by atoms with Crippen molar-refractivity contribution in [1.29, 1.82) is 0 Å². The molecule has 5 amide bonds. The summed E-state index contributed by atoms with van der Waals surface area (Å²) in [6, 6.07) is 5.78. The molecule has 0 radical (unpaired) electrons. The van der Waals surface area contributed by atoms with Crippen molar-refractivity contribution in [2.45, 2.75) is 123 Å². The molecular formula is C46H77N7O11. The zero-order chi connectivity index (χ0) is 48.4. The van der Waals surface area contributed by atoms with Crippen molar-refractivity contribution in [3.63, 3.8) is 0 Å². The van der Waals surface area contributed by atoms with Crippen molar-refractivity contribution in [3.8, 4) is 0 Å². The van der Waals surface area contributed by atoms with Crippen LogP contribution < -0.4 is 16.0 Å². The zero-order valence-corrected chi connectivity index (χ0v) is 40.2. The monoisotopic (exact) mass is 904 g/mol. The molecule has 0 unspecified atom stereocenters. The number of nitrogens with one attached hydrogen (secondary N) is 3. The van der Waals surface area contributed by atoms with Gasteiger partial charge >= 0.3 is 11.9 Å². The number of likely N-dealkylation sites (N-methyl/N-ethyl adjacent to an activating group) is 2. The third-order valence-electron chi connectivity index (χ3n) is 12.3. The number of carbonyl (C=O) groups excluding carboxylic acids is 5. The number of amides is 5. The van der Waals surface area contributed by atoms with E-state index in [1.807, 2.05) is 90.9 Å². The maximum atomic E-state index is 14.4. The lowest BCUT2D eigenvalue weighted by Gasteiger charge is -2.41. The first kappa shape index (κ1) is 55.5. The molecule has 1 aromatic rings. The van der Waals surface area contributed by atoms with Crippen molar-refractivity contribution >= 4 is 41.5 Å². The summed E-state index contributed by atoms with van der Waals surface area (Å²) in [6.45, 7) is 12.6. The van der Waals surface area contributed by atoms with Crippen molar-refractivity contribution in [1.82, 2.24) is 35.6 Å². The Kier molecular flexibility index (Phi) is 23.4. The number of likely N-dealkylation sites (tertiary alicyclic amines) is 1. The van der Waals surface area contributed by atoms with Crippen LogP contribution in [0.1, 0.15) is 79.7 Å². The molecule has 1 heterocycles. The minimum absolute atomic E-state index is 0.00990. The number of aliphatic carboxylic acids is 2. The first-order valence-corrected chi connectivity index (χ1v) is 22.5. The van der Waals surface area contributed by atoms with Gasteiger partial charge in [-0.1, -0.05) is 85.2 Å². The summed E-state index contributed by atoms with van der Waals surface area (Å²) in [6.07, 6.45) is 0.532. The summed E-state index contributed by atoms with van der Waals surface area (Å²) in [7, 11) is 8.36. The number of rotatable bonds is 28. The Labute approximate surface area is 380 Å². The average Bonchev–Trinajstić information content (AvgIpc) is 3.71. The van der Waals surface area contributed by atoms with Crippen LogP contribution in [-0.4, -0.2) is 182 Å². The number of carbonyl (C=O) groups is 7. The molecule has 18 nitrogen and oxygen atoms in total. The maximum Gasteiger partial charge on any atom is 0.317 e. The first-order valence-electron chi connectivity index (χ1n) is 22.5. The van der Waals surface area contributed by atoms with Crippen LogP contribution >= 0.6 is 0 Å². The van der Waals surface area contributed by atoms with Gasteiger partial charge in [0.1, 0.15) is 12.1 Å². The molecular weight excluding hydrogens is 827 g/mol. The molecule has 1 aromatic carbocycles. The third-order valence-corrected chi connectivity index (χ3v) is 12.3. The number of methoxy groups -OCH3 is 2. The van der Waals surface area contributed by atoms with Crippen LogP contribution in [0.3, 0.4) is 0 Å². The van der Waals surface area contributed by atoms with E-state index in [1.165, 1.54) is 19.1 Å². The van der Waals surface area contributed by atoms with E-state index >= 15 is 0 Å². The van der Waals surface area contributed by atoms with Gasteiger partial charge in [0.15, 0.2) is 0 Å². The predicted octanol–water partition coefficient (Wildman–Crippen LogP) is 1.95. The Bertz CT molecular complexity index is 1660. The van der Waals surface area contributed by atoms with E-state index in [-0.39, 0.29) is 61.4 Å². The molecule has 0 aliphatic carbocycles. The van der Waals surface area contributed by atoms with E-state index in [2.05, 4.69) is 16.0 Å². The molecule has 1 aliphatic heterocycles. The van der Waals surface area contributed by atoms with E-state index in [0.29, 0.717) is 25.8 Å². The minimum Gasteiger partial charge on any atom is -0.480 e. The van der Waals surface area contributed by atoms with Gasteiger partial charge in [0.2, 0.25) is 29.5 Å². The van der Waals surface area contributed by atoms with E-state index in [4.69, 9.17) is 9.47 Å².